The zero-order valence-electron chi connectivity index (χ0n) is 19.5. The molecule has 180 valence electrons. The molecule has 9 nitrogen and oxygen atoms in total. The van der Waals surface area contributed by atoms with Crippen LogP contribution in [0.3, 0.4) is 0 Å². The highest BCUT2D eigenvalue weighted by molar-refractivity contribution is 6.51. The van der Waals surface area contributed by atoms with E-state index in [-0.39, 0.29) is 11.3 Å². The third-order valence-electron chi connectivity index (χ3n) is 6.23. The Morgan fingerprint density at radius 1 is 1.06 bits per heavy atom. The molecule has 1 fully saturated rings. The molecule has 2 aliphatic rings. The number of furan rings is 1. The summed E-state index contributed by atoms with van der Waals surface area (Å²) in [4.78, 5) is 29.9. The lowest BCUT2D eigenvalue weighted by Gasteiger charge is -2.28. The lowest BCUT2D eigenvalue weighted by molar-refractivity contribution is -0.132. The molecule has 3 aromatic rings. The molecule has 1 atom stereocenters. The first-order chi connectivity index (χ1) is 16.9. The maximum absolute atomic E-state index is 13.3. The highest BCUT2D eigenvalue weighted by Crippen LogP contribution is 2.45. The van der Waals surface area contributed by atoms with E-state index in [0.717, 1.165) is 5.69 Å². The van der Waals surface area contributed by atoms with Gasteiger partial charge < -0.3 is 28.6 Å². The van der Waals surface area contributed by atoms with Gasteiger partial charge >= 0.3 is 0 Å². The monoisotopic (exact) mass is 476 g/mol. The lowest BCUT2D eigenvalue weighted by atomic mass is 9.98. The number of hydrogen-bond donors (Lipinski definition) is 1. The van der Waals surface area contributed by atoms with Crippen LogP contribution in [0.4, 0.5) is 11.4 Å². The standard InChI is InChI=1S/C26H24N2O7/c1-27-10-12-35-18-8-6-15(13-17(18)27)24(29)22-23(20-5-4-11-34-20)28(26(31)25(22)30)16-7-9-19(32-2)21(14-16)33-3/h4-9,11,13-14,23,29H,10,12H2,1-3H3/b24-22-. The summed E-state index contributed by atoms with van der Waals surface area (Å²) >= 11 is 0. The number of ketones is 1. The lowest BCUT2D eigenvalue weighted by Crippen LogP contribution is -2.29. The summed E-state index contributed by atoms with van der Waals surface area (Å²) in [5, 5.41) is 11.3. The Balaban J connectivity index is 1.67. The van der Waals surface area contributed by atoms with Crippen LogP contribution in [0.5, 0.6) is 17.2 Å². The number of aliphatic hydroxyl groups is 1. The number of benzene rings is 2. The third-order valence-corrected chi connectivity index (χ3v) is 6.23. The number of anilines is 2. The summed E-state index contributed by atoms with van der Waals surface area (Å²) in [5.41, 5.74) is 1.50. The summed E-state index contributed by atoms with van der Waals surface area (Å²) in [6.07, 6.45) is 1.45. The second-order valence-electron chi connectivity index (χ2n) is 8.18. The third kappa shape index (κ3) is 3.65. The van der Waals surface area contributed by atoms with Crippen LogP contribution < -0.4 is 24.0 Å². The molecule has 35 heavy (non-hydrogen) atoms. The van der Waals surface area contributed by atoms with Gasteiger partial charge in [-0.25, -0.2) is 0 Å². The molecule has 0 radical (unpaired) electrons. The fourth-order valence-electron chi connectivity index (χ4n) is 4.44. The van der Waals surface area contributed by atoms with Gasteiger partial charge in [0.1, 0.15) is 29.9 Å². The molecular weight excluding hydrogens is 452 g/mol. The number of carbonyl (C=O) groups is 2. The molecule has 1 saturated heterocycles. The Morgan fingerprint density at radius 3 is 2.57 bits per heavy atom. The molecule has 1 aromatic heterocycles. The van der Waals surface area contributed by atoms with Crippen molar-refractivity contribution in [3.63, 3.8) is 0 Å². The molecule has 0 saturated carbocycles. The number of nitrogens with zero attached hydrogens (tertiary/aromatic N) is 2. The van der Waals surface area contributed by atoms with Gasteiger partial charge in [0.25, 0.3) is 11.7 Å². The van der Waals surface area contributed by atoms with Gasteiger partial charge in [-0.1, -0.05) is 0 Å². The number of carbonyl (C=O) groups excluding carboxylic acids is 2. The van der Waals surface area contributed by atoms with Crippen molar-refractivity contribution in [2.45, 2.75) is 6.04 Å². The van der Waals surface area contributed by atoms with Crippen LogP contribution in [-0.4, -0.2) is 51.2 Å². The summed E-state index contributed by atoms with van der Waals surface area (Å²) in [6.45, 7) is 1.25. The van der Waals surface area contributed by atoms with E-state index in [4.69, 9.17) is 18.6 Å². The van der Waals surface area contributed by atoms with Gasteiger partial charge in [0, 0.05) is 24.4 Å². The van der Waals surface area contributed by atoms with E-state index >= 15 is 0 Å². The normalized spacial score (nSPS) is 18.9. The number of rotatable bonds is 5. The number of fused-ring (bicyclic) bond motifs is 1. The van der Waals surface area contributed by atoms with Crippen molar-refractivity contribution in [3.8, 4) is 17.2 Å². The van der Waals surface area contributed by atoms with Crippen LogP contribution in [0.15, 0.2) is 64.8 Å². The molecule has 2 aromatic carbocycles. The van der Waals surface area contributed by atoms with E-state index in [9.17, 15) is 14.7 Å². The Morgan fingerprint density at radius 2 is 1.86 bits per heavy atom. The number of hydrogen-bond acceptors (Lipinski definition) is 8. The maximum atomic E-state index is 13.3. The minimum Gasteiger partial charge on any atom is -0.507 e. The Kier molecular flexibility index (Phi) is 5.60. The van der Waals surface area contributed by atoms with Crippen molar-refractivity contribution < 1.29 is 33.3 Å². The summed E-state index contributed by atoms with van der Waals surface area (Å²) in [6, 6.07) is 12.4. The summed E-state index contributed by atoms with van der Waals surface area (Å²) in [5.74, 6) is -0.0256. The summed E-state index contributed by atoms with van der Waals surface area (Å²) in [7, 11) is 4.91. The van der Waals surface area contributed by atoms with Gasteiger partial charge in [-0.05, 0) is 42.5 Å². The van der Waals surface area contributed by atoms with Crippen molar-refractivity contribution in [1.29, 1.82) is 0 Å². The van der Waals surface area contributed by atoms with Gasteiger partial charge in [-0.15, -0.1) is 0 Å². The van der Waals surface area contributed by atoms with Crippen molar-refractivity contribution in [2.24, 2.45) is 0 Å². The minimum atomic E-state index is -0.979. The summed E-state index contributed by atoms with van der Waals surface area (Å²) < 4.78 is 22.0. The highest BCUT2D eigenvalue weighted by atomic mass is 16.5. The molecule has 0 aliphatic carbocycles. The van der Waals surface area contributed by atoms with Crippen molar-refractivity contribution in [1.82, 2.24) is 0 Å². The number of methoxy groups -OCH3 is 2. The molecule has 0 spiro atoms. The SMILES string of the molecule is COc1ccc(N2C(=O)C(=O)/C(=C(\O)c3ccc4c(c3)N(C)CCO4)C2c2ccco2)cc1OC. The molecule has 5 rings (SSSR count). The number of Topliss-reactive ketones (excluding diaryl/α,β-unsaturated/α-hetero) is 1. The Bertz CT molecular complexity index is 1330. The zero-order chi connectivity index (χ0) is 24.7. The number of amides is 1. The smallest absolute Gasteiger partial charge is 0.300 e. The van der Waals surface area contributed by atoms with Crippen molar-refractivity contribution in [2.75, 3.05) is 44.2 Å². The quantitative estimate of drug-likeness (QED) is 0.338. The Hall–Kier alpha value is -4.40. The van der Waals surface area contributed by atoms with Crippen LogP contribution in [-0.2, 0) is 9.59 Å². The second kappa shape index (κ2) is 8.75. The first-order valence-electron chi connectivity index (χ1n) is 11.0. The van der Waals surface area contributed by atoms with Crippen LogP contribution in [0.25, 0.3) is 5.76 Å². The Labute approximate surface area is 201 Å². The van der Waals surface area contributed by atoms with E-state index in [1.54, 1.807) is 48.5 Å². The van der Waals surface area contributed by atoms with Crippen molar-refractivity contribution in [3.05, 3.63) is 71.7 Å². The van der Waals surface area contributed by atoms with Gasteiger partial charge in [0.2, 0.25) is 0 Å². The number of aliphatic hydroxyl groups excluding tert-OH is 1. The van der Waals surface area contributed by atoms with E-state index in [2.05, 4.69) is 0 Å². The molecule has 1 N–H and O–H groups in total. The molecule has 0 bridgehead atoms. The zero-order valence-corrected chi connectivity index (χ0v) is 19.5. The first kappa shape index (κ1) is 22.4. The predicted octanol–water partition coefficient (Wildman–Crippen LogP) is 3.75. The molecular formula is C26H24N2O7. The van der Waals surface area contributed by atoms with Gasteiger partial charge in [0.15, 0.2) is 11.5 Å². The average Bonchev–Trinajstić information content (AvgIpc) is 3.50. The molecule has 1 unspecified atom stereocenters. The fraction of sp³-hybridized carbons (Fsp3) is 0.231. The van der Waals surface area contributed by atoms with Crippen LogP contribution in [0.2, 0.25) is 0 Å². The fourth-order valence-corrected chi connectivity index (χ4v) is 4.44. The van der Waals surface area contributed by atoms with Crippen molar-refractivity contribution >= 4 is 28.8 Å². The maximum Gasteiger partial charge on any atom is 0.300 e. The van der Waals surface area contributed by atoms with E-state index < -0.39 is 17.7 Å². The van der Waals surface area contributed by atoms with Crippen LogP contribution in [0.1, 0.15) is 17.4 Å². The molecule has 2 aliphatic heterocycles. The highest BCUT2D eigenvalue weighted by Gasteiger charge is 2.48. The van der Waals surface area contributed by atoms with E-state index in [0.29, 0.717) is 47.4 Å². The molecule has 3 heterocycles. The van der Waals surface area contributed by atoms with E-state index in [1.807, 2.05) is 11.9 Å². The first-order valence-corrected chi connectivity index (χ1v) is 11.0. The van der Waals surface area contributed by atoms with Crippen LogP contribution >= 0.6 is 0 Å². The topological polar surface area (TPSA) is 102 Å². The molecule has 1 amide bonds. The number of ether oxygens (including phenoxy) is 3. The molecule has 9 heteroatoms. The average molecular weight is 476 g/mol. The predicted molar refractivity (Wildman–Crippen MR) is 128 cm³/mol. The largest absolute Gasteiger partial charge is 0.507 e. The second-order valence-corrected chi connectivity index (χ2v) is 8.18. The van der Waals surface area contributed by atoms with Crippen LogP contribution in [0, 0.1) is 0 Å². The van der Waals surface area contributed by atoms with E-state index in [1.165, 1.54) is 25.4 Å². The minimum absolute atomic E-state index is 0.0703. The van der Waals surface area contributed by atoms with Gasteiger partial charge in [0.05, 0.1) is 38.3 Å². The van der Waals surface area contributed by atoms with Gasteiger partial charge in [-0.2, -0.15) is 0 Å². The van der Waals surface area contributed by atoms with Gasteiger partial charge in [-0.3, -0.25) is 14.5 Å². The number of likely N-dealkylation sites (N-methyl/N-ethyl adjacent to an activating group) is 1.